The minimum Gasteiger partial charge on any atom is -0.496 e. The molecule has 0 aromatic heterocycles. The molecule has 0 atom stereocenters. The van der Waals surface area contributed by atoms with E-state index in [4.69, 9.17) is 15.7 Å². The molecule has 21 heavy (non-hydrogen) atoms. The van der Waals surface area contributed by atoms with Gasteiger partial charge in [-0.1, -0.05) is 18.2 Å². The van der Waals surface area contributed by atoms with E-state index in [9.17, 15) is 9.59 Å². The lowest BCUT2D eigenvalue weighted by Gasteiger charge is -2.11. The van der Waals surface area contributed by atoms with Crippen molar-refractivity contribution in [1.82, 2.24) is 10.6 Å². The number of methoxy groups -OCH3 is 1. The van der Waals surface area contributed by atoms with Crippen molar-refractivity contribution >= 4 is 11.9 Å². The molecule has 7 nitrogen and oxygen atoms in total. The lowest BCUT2D eigenvalue weighted by molar-refractivity contribution is -0.116. The van der Waals surface area contributed by atoms with Crippen LogP contribution in [0.4, 0.5) is 4.79 Å². The first-order valence-corrected chi connectivity index (χ1v) is 6.07. The Morgan fingerprint density at radius 2 is 2.05 bits per heavy atom. The normalized spacial score (nSPS) is 10.9. The number of para-hydroxylation sites is 1. The molecule has 0 aliphatic carbocycles. The number of rotatable bonds is 5. The highest BCUT2D eigenvalue weighted by Gasteiger charge is 2.14. The van der Waals surface area contributed by atoms with Crippen molar-refractivity contribution in [3.63, 3.8) is 0 Å². The Labute approximate surface area is 122 Å². The molecule has 110 valence electrons. The lowest BCUT2D eigenvalue weighted by atomic mass is 10.1. The summed E-state index contributed by atoms with van der Waals surface area (Å²) in [6.07, 6.45) is 0. The van der Waals surface area contributed by atoms with E-state index in [-0.39, 0.29) is 5.57 Å². The summed E-state index contributed by atoms with van der Waals surface area (Å²) in [4.78, 5) is 22.2. The van der Waals surface area contributed by atoms with Crippen LogP contribution < -0.4 is 21.1 Å². The summed E-state index contributed by atoms with van der Waals surface area (Å²) >= 11 is 0. The number of carbonyl (C=O) groups is 2. The van der Waals surface area contributed by atoms with Crippen LogP contribution in [0.15, 0.2) is 35.5 Å². The van der Waals surface area contributed by atoms with Crippen molar-refractivity contribution in [2.75, 3.05) is 7.11 Å². The zero-order valence-electron chi connectivity index (χ0n) is 11.8. The van der Waals surface area contributed by atoms with Gasteiger partial charge in [-0.05, 0) is 13.0 Å². The Morgan fingerprint density at radius 3 is 2.62 bits per heavy atom. The lowest BCUT2D eigenvalue weighted by Crippen LogP contribution is -2.36. The second-order valence-electron chi connectivity index (χ2n) is 4.10. The number of hydrogen-bond acceptors (Lipinski definition) is 5. The molecule has 0 unspecified atom stereocenters. The van der Waals surface area contributed by atoms with E-state index in [2.05, 4.69) is 5.32 Å². The third-order valence-corrected chi connectivity index (χ3v) is 2.69. The predicted molar refractivity (Wildman–Crippen MR) is 75.9 cm³/mol. The molecule has 0 aliphatic heterocycles. The molecule has 0 fully saturated rings. The van der Waals surface area contributed by atoms with Gasteiger partial charge in [0, 0.05) is 17.8 Å². The van der Waals surface area contributed by atoms with Crippen LogP contribution in [0.2, 0.25) is 0 Å². The van der Waals surface area contributed by atoms with Gasteiger partial charge in [-0.3, -0.25) is 10.1 Å². The van der Waals surface area contributed by atoms with Crippen LogP contribution in [0, 0.1) is 11.3 Å². The highest BCUT2D eigenvalue weighted by Crippen LogP contribution is 2.17. The maximum absolute atomic E-state index is 11.6. The van der Waals surface area contributed by atoms with Crippen molar-refractivity contribution in [3.05, 3.63) is 41.1 Å². The number of imide groups is 1. The Kier molecular flexibility index (Phi) is 5.77. The molecule has 4 N–H and O–H groups in total. The van der Waals surface area contributed by atoms with Gasteiger partial charge in [-0.2, -0.15) is 5.26 Å². The fourth-order valence-corrected chi connectivity index (χ4v) is 1.64. The van der Waals surface area contributed by atoms with E-state index in [1.807, 2.05) is 23.5 Å². The average molecular weight is 288 g/mol. The van der Waals surface area contributed by atoms with E-state index in [0.717, 1.165) is 5.56 Å². The van der Waals surface area contributed by atoms with Gasteiger partial charge in [0.1, 0.15) is 17.4 Å². The summed E-state index contributed by atoms with van der Waals surface area (Å²) < 4.78 is 5.20. The van der Waals surface area contributed by atoms with Gasteiger partial charge in [0.15, 0.2) is 0 Å². The topological polar surface area (TPSA) is 117 Å². The van der Waals surface area contributed by atoms with Crippen LogP contribution in [0.1, 0.15) is 12.5 Å². The van der Waals surface area contributed by atoms with E-state index in [1.165, 1.54) is 0 Å². The number of hydrogen-bond donors (Lipinski definition) is 3. The van der Waals surface area contributed by atoms with E-state index in [0.29, 0.717) is 18.0 Å². The van der Waals surface area contributed by atoms with E-state index < -0.39 is 11.9 Å². The molecule has 0 saturated carbocycles. The molecule has 7 heteroatoms. The van der Waals surface area contributed by atoms with Crippen LogP contribution in [-0.4, -0.2) is 19.0 Å². The maximum Gasteiger partial charge on any atom is 0.319 e. The zero-order chi connectivity index (χ0) is 15.8. The van der Waals surface area contributed by atoms with Crippen molar-refractivity contribution in [3.8, 4) is 11.8 Å². The van der Waals surface area contributed by atoms with E-state index >= 15 is 0 Å². The number of ether oxygens (including phenoxy) is 1. The van der Waals surface area contributed by atoms with Crippen molar-refractivity contribution in [1.29, 1.82) is 5.26 Å². The van der Waals surface area contributed by atoms with Gasteiger partial charge in [-0.25, -0.2) is 4.79 Å². The smallest absolute Gasteiger partial charge is 0.319 e. The standard InChI is InChI=1S/C14H16N4O3/c1-9(11(7-15)13(19)18-14(16)20)17-8-10-5-3-4-6-12(10)21-2/h3-6,17H,8H2,1-2H3,(H3,16,18,19,20)/b11-9-. The second kappa shape index (κ2) is 7.55. The molecule has 0 bridgehead atoms. The third-order valence-electron chi connectivity index (χ3n) is 2.69. The van der Waals surface area contributed by atoms with Gasteiger partial charge in [0.25, 0.3) is 5.91 Å². The minimum atomic E-state index is -1.01. The summed E-state index contributed by atoms with van der Waals surface area (Å²) in [6, 6.07) is 8.08. The predicted octanol–water partition coefficient (Wildman–Crippen LogP) is 0.777. The summed E-state index contributed by atoms with van der Waals surface area (Å²) in [5, 5.41) is 13.8. The van der Waals surface area contributed by atoms with E-state index in [1.54, 1.807) is 26.2 Å². The molecular weight excluding hydrogens is 272 g/mol. The average Bonchev–Trinajstić information content (AvgIpc) is 2.45. The zero-order valence-corrected chi connectivity index (χ0v) is 11.8. The number of allylic oxidation sites excluding steroid dienone is 1. The summed E-state index contributed by atoms with van der Waals surface area (Å²) in [5.41, 5.74) is 5.85. The first kappa shape index (κ1) is 16.0. The molecule has 0 saturated heterocycles. The molecule has 3 amide bonds. The number of urea groups is 1. The number of nitriles is 1. The van der Waals surface area contributed by atoms with Crippen molar-refractivity contribution < 1.29 is 14.3 Å². The summed E-state index contributed by atoms with van der Waals surface area (Å²) in [7, 11) is 1.56. The van der Waals surface area contributed by atoms with Crippen LogP contribution in [-0.2, 0) is 11.3 Å². The van der Waals surface area contributed by atoms with Crippen molar-refractivity contribution in [2.45, 2.75) is 13.5 Å². The molecule has 0 heterocycles. The fraction of sp³-hybridized carbons (Fsp3) is 0.214. The number of nitrogens with two attached hydrogens (primary N) is 1. The quantitative estimate of drug-likeness (QED) is 0.546. The largest absolute Gasteiger partial charge is 0.496 e. The first-order chi connectivity index (χ1) is 9.99. The minimum absolute atomic E-state index is 0.205. The van der Waals surface area contributed by atoms with Crippen LogP contribution in [0.25, 0.3) is 0 Å². The fourth-order valence-electron chi connectivity index (χ4n) is 1.64. The SMILES string of the molecule is COc1ccccc1CN/C(C)=C(/C#N)C(=O)NC(N)=O. The monoisotopic (exact) mass is 288 g/mol. The number of nitrogens with zero attached hydrogens (tertiary/aromatic N) is 1. The highest BCUT2D eigenvalue weighted by molar-refractivity contribution is 6.06. The van der Waals surface area contributed by atoms with Gasteiger partial charge in [0.2, 0.25) is 0 Å². The maximum atomic E-state index is 11.6. The number of benzene rings is 1. The van der Waals surface area contributed by atoms with Gasteiger partial charge in [-0.15, -0.1) is 0 Å². The second-order valence-corrected chi connectivity index (χ2v) is 4.10. The molecule has 0 aliphatic rings. The molecule has 1 rings (SSSR count). The Hall–Kier alpha value is -3.01. The molecule has 0 spiro atoms. The Morgan fingerprint density at radius 1 is 1.38 bits per heavy atom. The van der Waals surface area contributed by atoms with Gasteiger partial charge < -0.3 is 15.8 Å². The van der Waals surface area contributed by atoms with Crippen molar-refractivity contribution in [2.24, 2.45) is 5.73 Å². The van der Waals surface area contributed by atoms with Crippen LogP contribution in [0.5, 0.6) is 5.75 Å². The number of primary amides is 1. The third kappa shape index (κ3) is 4.54. The molecule has 1 aromatic rings. The Balaban J connectivity index is 2.85. The number of nitrogens with one attached hydrogen (secondary N) is 2. The molecular formula is C14H16N4O3. The first-order valence-electron chi connectivity index (χ1n) is 6.07. The highest BCUT2D eigenvalue weighted by atomic mass is 16.5. The number of amides is 3. The van der Waals surface area contributed by atoms with Gasteiger partial charge >= 0.3 is 6.03 Å². The van der Waals surface area contributed by atoms with Crippen LogP contribution >= 0.6 is 0 Å². The molecule has 1 aromatic carbocycles. The van der Waals surface area contributed by atoms with Gasteiger partial charge in [0.05, 0.1) is 7.11 Å². The van der Waals surface area contributed by atoms with Crippen LogP contribution in [0.3, 0.4) is 0 Å². The number of carbonyl (C=O) groups excluding carboxylic acids is 2. The summed E-state index contributed by atoms with van der Waals surface area (Å²) in [6.45, 7) is 1.93. The Bertz CT molecular complexity index is 617. The molecule has 0 radical (unpaired) electrons. The summed E-state index contributed by atoms with van der Waals surface area (Å²) in [5.74, 6) is -0.145.